The molecule has 2 N–H and O–H groups in total. The van der Waals surface area contributed by atoms with E-state index >= 15 is 0 Å². The molecule has 4 bridgehead atoms. The standard InChI is InChI=1S/C17H25NO4/c1-3-4-18-14(19)11(2)22-15(20)16-6-12-5-13(7-16)9-17(21,8-12)10-16/h3,11-13,21H,1,4-10H2,2H3,(H,18,19)/t11-,12-,13-,16?,17?/m1/s1. The lowest BCUT2D eigenvalue weighted by Gasteiger charge is -2.58. The summed E-state index contributed by atoms with van der Waals surface area (Å²) in [7, 11) is 0. The van der Waals surface area contributed by atoms with Crippen LogP contribution < -0.4 is 5.32 Å². The zero-order valence-corrected chi connectivity index (χ0v) is 13.1. The Balaban J connectivity index is 1.67. The molecule has 0 radical (unpaired) electrons. The summed E-state index contributed by atoms with van der Waals surface area (Å²) >= 11 is 0. The number of ether oxygens (including phenoxy) is 1. The molecule has 0 spiro atoms. The van der Waals surface area contributed by atoms with E-state index in [0.717, 1.165) is 32.1 Å². The third-order valence-corrected chi connectivity index (χ3v) is 5.54. The third-order valence-electron chi connectivity index (χ3n) is 5.54. The van der Waals surface area contributed by atoms with E-state index in [0.29, 0.717) is 24.8 Å². The molecule has 0 aromatic rings. The largest absolute Gasteiger partial charge is 0.452 e. The second kappa shape index (κ2) is 5.37. The molecule has 0 unspecified atom stereocenters. The molecule has 5 nitrogen and oxygen atoms in total. The number of hydrogen-bond acceptors (Lipinski definition) is 4. The Labute approximate surface area is 131 Å². The highest BCUT2D eigenvalue weighted by Gasteiger charge is 2.61. The highest BCUT2D eigenvalue weighted by atomic mass is 16.5. The first-order valence-electron chi connectivity index (χ1n) is 8.18. The maximum atomic E-state index is 12.7. The van der Waals surface area contributed by atoms with Gasteiger partial charge in [-0.1, -0.05) is 6.08 Å². The molecule has 3 atom stereocenters. The second-order valence-corrected chi connectivity index (χ2v) is 7.55. The summed E-state index contributed by atoms with van der Waals surface area (Å²) in [4.78, 5) is 24.5. The molecular formula is C17H25NO4. The zero-order chi connectivity index (χ0) is 16.0. The van der Waals surface area contributed by atoms with Gasteiger partial charge >= 0.3 is 5.97 Å². The van der Waals surface area contributed by atoms with Gasteiger partial charge in [0.2, 0.25) is 0 Å². The van der Waals surface area contributed by atoms with Crippen molar-refractivity contribution < 1.29 is 19.4 Å². The number of esters is 1. The maximum Gasteiger partial charge on any atom is 0.312 e. The summed E-state index contributed by atoms with van der Waals surface area (Å²) in [5, 5.41) is 13.3. The highest BCUT2D eigenvalue weighted by molar-refractivity contribution is 5.85. The van der Waals surface area contributed by atoms with Crippen molar-refractivity contribution in [1.82, 2.24) is 5.32 Å². The van der Waals surface area contributed by atoms with Crippen LogP contribution in [0.2, 0.25) is 0 Å². The Bertz CT molecular complexity index is 487. The van der Waals surface area contributed by atoms with Gasteiger partial charge < -0.3 is 15.2 Å². The second-order valence-electron chi connectivity index (χ2n) is 7.55. The minimum atomic E-state index is -0.810. The molecule has 1 amide bonds. The van der Waals surface area contributed by atoms with E-state index in [9.17, 15) is 14.7 Å². The molecule has 4 rings (SSSR count). The van der Waals surface area contributed by atoms with Crippen molar-refractivity contribution >= 4 is 11.9 Å². The SMILES string of the molecule is C=CCNC(=O)[C@@H](C)OC(=O)C12C[C@H]3C[C@@H](CC(O)(C3)C1)C2. The molecule has 0 saturated heterocycles. The van der Waals surface area contributed by atoms with Gasteiger partial charge in [0.05, 0.1) is 11.0 Å². The number of nitrogens with one attached hydrogen (secondary N) is 1. The minimum absolute atomic E-state index is 0.304. The van der Waals surface area contributed by atoms with Crippen molar-refractivity contribution in [2.24, 2.45) is 17.3 Å². The average molecular weight is 307 g/mol. The van der Waals surface area contributed by atoms with Gasteiger partial charge in [0.25, 0.3) is 5.91 Å². The highest BCUT2D eigenvalue weighted by Crippen LogP contribution is 2.62. The normalized spacial score (nSPS) is 40.1. The first kappa shape index (κ1) is 15.5. The van der Waals surface area contributed by atoms with E-state index in [1.165, 1.54) is 0 Å². The number of rotatable bonds is 5. The van der Waals surface area contributed by atoms with Crippen LogP contribution in [0.5, 0.6) is 0 Å². The van der Waals surface area contributed by atoms with Gasteiger partial charge in [-0.25, -0.2) is 0 Å². The van der Waals surface area contributed by atoms with Crippen molar-refractivity contribution in [3.8, 4) is 0 Å². The van der Waals surface area contributed by atoms with Gasteiger partial charge in [0.15, 0.2) is 6.10 Å². The van der Waals surface area contributed by atoms with Gasteiger partial charge in [-0.05, 0) is 57.3 Å². The predicted octanol–water partition coefficient (Wildman–Crippen LogP) is 1.55. The van der Waals surface area contributed by atoms with Gasteiger partial charge in [0.1, 0.15) is 0 Å². The predicted molar refractivity (Wildman–Crippen MR) is 80.8 cm³/mol. The van der Waals surface area contributed by atoms with Gasteiger partial charge in [0, 0.05) is 6.54 Å². The van der Waals surface area contributed by atoms with Gasteiger partial charge in [-0.3, -0.25) is 9.59 Å². The number of carbonyl (C=O) groups excluding carboxylic acids is 2. The van der Waals surface area contributed by atoms with Crippen molar-refractivity contribution in [1.29, 1.82) is 0 Å². The summed E-state index contributed by atoms with van der Waals surface area (Å²) in [6.45, 7) is 5.48. The molecule has 4 saturated carbocycles. The van der Waals surface area contributed by atoms with E-state index in [4.69, 9.17) is 4.74 Å². The first-order valence-corrected chi connectivity index (χ1v) is 8.18. The molecule has 4 aliphatic carbocycles. The van der Waals surface area contributed by atoms with E-state index in [2.05, 4.69) is 11.9 Å². The Morgan fingerprint density at radius 1 is 1.36 bits per heavy atom. The van der Waals surface area contributed by atoms with Gasteiger partial charge in [-0.2, -0.15) is 0 Å². The summed E-state index contributed by atoms with van der Waals surface area (Å²) in [6, 6.07) is 0. The Kier molecular flexibility index (Phi) is 3.79. The van der Waals surface area contributed by atoms with Gasteiger partial charge in [-0.15, -0.1) is 6.58 Å². The molecule has 4 aliphatic rings. The van der Waals surface area contributed by atoms with Crippen molar-refractivity contribution in [3.63, 3.8) is 0 Å². The molecular weight excluding hydrogens is 282 g/mol. The lowest BCUT2D eigenvalue weighted by Crippen LogP contribution is -2.59. The van der Waals surface area contributed by atoms with Crippen LogP contribution in [0.1, 0.15) is 45.4 Å². The van der Waals surface area contributed by atoms with Crippen molar-refractivity contribution in [3.05, 3.63) is 12.7 Å². The van der Waals surface area contributed by atoms with Crippen LogP contribution in [0, 0.1) is 17.3 Å². The lowest BCUT2D eigenvalue weighted by molar-refractivity contribution is -0.199. The van der Waals surface area contributed by atoms with Crippen LogP contribution in [-0.2, 0) is 14.3 Å². The fourth-order valence-corrected chi connectivity index (χ4v) is 5.11. The molecule has 0 aliphatic heterocycles. The molecule has 5 heteroatoms. The Morgan fingerprint density at radius 3 is 2.55 bits per heavy atom. The first-order chi connectivity index (χ1) is 10.4. The minimum Gasteiger partial charge on any atom is -0.452 e. The van der Waals surface area contributed by atoms with Crippen LogP contribution in [0.25, 0.3) is 0 Å². The average Bonchev–Trinajstić information content (AvgIpc) is 2.41. The Hall–Kier alpha value is -1.36. The number of aliphatic hydroxyl groups is 1. The monoisotopic (exact) mass is 307 g/mol. The molecule has 4 fully saturated rings. The van der Waals surface area contributed by atoms with Crippen molar-refractivity contribution in [2.45, 2.75) is 57.2 Å². The van der Waals surface area contributed by atoms with E-state index < -0.39 is 17.1 Å². The van der Waals surface area contributed by atoms with Crippen LogP contribution in [-0.4, -0.2) is 35.2 Å². The number of carbonyl (C=O) groups is 2. The molecule has 0 heterocycles. The topological polar surface area (TPSA) is 75.6 Å². The lowest BCUT2D eigenvalue weighted by atomic mass is 9.48. The van der Waals surface area contributed by atoms with Crippen LogP contribution in [0.4, 0.5) is 0 Å². The van der Waals surface area contributed by atoms with Crippen LogP contribution in [0.3, 0.4) is 0 Å². The number of amides is 1. The fraction of sp³-hybridized carbons (Fsp3) is 0.765. The summed E-state index contributed by atoms with van der Waals surface area (Å²) in [5.41, 5.74) is -1.27. The van der Waals surface area contributed by atoms with Crippen molar-refractivity contribution in [2.75, 3.05) is 6.54 Å². The molecule has 22 heavy (non-hydrogen) atoms. The maximum absolute atomic E-state index is 12.7. The molecule has 122 valence electrons. The van der Waals surface area contributed by atoms with E-state index in [1.54, 1.807) is 13.0 Å². The van der Waals surface area contributed by atoms with E-state index in [1.807, 2.05) is 0 Å². The quantitative estimate of drug-likeness (QED) is 0.597. The summed E-state index contributed by atoms with van der Waals surface area (Å²) < 4.78 is 5.44. The van der Waals surface area contributed by atoms with E-state index in [-0.39, 0.29) is 11.9 Å². The smallest absolute Gasteiger partial charge is 0.312 e. The van der Waals surface area contributed by atoms with Crippen LogP contribution in [0.15, 0.2) is 12.7 Å². The molecule has 0 aromatic carbocycles. The number of hydrogen-bond donors (Lipinski definition) is 2. The zero-order valence-electron chi connectivity index (χ0n) is 13.1. The fourth-order valence-electron chi connectivity index (χ4n) is 5.11. The summed E-state index contributed by atoms with van der Waals surface area (Å²) in [5.74, 6) is 0.227. The third kappa shape index (κ3) is 2.67. The molecule has 0 aromatic heterocycles. The Morgan fingerprint density at radius 2 is 2.00 bits per heavy atom. The summed E-state index contributed by atoms with van der Waals surface area (Å²) in [6.07, 6.45) is 5.61. The van der Waals surface area contributed by atoms with Crippen LogP contribution >= 0.6 is 0 Å².